The highest BCUT2D eigenvalue weighted by Crippen LogP contribution is 2.33. The van der Waals surface area contributed by atoms with E-state index in [0.29, 0.717) is 6.42 Å². The van der Waals surface area contributed by atoms with Gasteiger partial charge in [-0.3, -0.25) is 0 Å². The topological polar surface area (TPSA) is 52.0 Å². The molecule has 1 aromatic carbocycles. The normalized spacial score (nSPS) is 23.2. The van der Waals surface area contributed by atoms with Crippen LogP contribution in [0, 0.1) is 3.57 Å². The number of benzene rings is 1. The van der Waals surface area contributed by atoms with E-state index < -0.39 is 9.84 Å². The molecule has 4 nitrogen and oxygen atoms in total. The van der Waals surface area contributed by atoms with Crippen LogP contribution in [0.2, 0.25) is 0 Å². The third kappa shape index (κ3) is 2.57. The van der Waals surface area contributed by atoms with Crippen LogP contribution in [0.3, 0.4) is 0 Å². The van der Waals surface area contributed by atoms with E-state index in [-0.39, 0.29) is 22.9 Å². The predicted octanol–water partition coefficient (Wildman–Crippen LogP) is 3.30. The first-order valence-electron chi connectivity index (χ1n) is 6.39. The van der Waals surface area contributed by atoms with Crippen molar-refractivity contribution in [1.29, 1.82) is 0 Å². The van der Waals surface area contributed by atoms with Gasteiger partial charge in [0.1, 0.15) is 5.82 Å². The van der Waals surface area contributed by atoms with Gasteiger partial charge in [-0.15, -0.1) is 11.6 Å². The molecule has 1 saturated heterocycles. The summed E-state index contributed by atoms with van der Waals surface area (Å²) >= 11 is 8.48. The standard InChI is InChI=1S/C13H14ClIN2O2S/c1-8(14)13-16-11-6-9(15)2-3-12(11)17(13)10-4-5-20(18,19)7-10/h2-3,6,8,10H,4-5,7H2,1H3. The van der Waals surface area contributed by atoms with Gasteiger partial charge in [0.2, 0.25) is 0 Å². The zero-order chi connectivity index (χ0) is 14.5. The van der Waals surface area contributed by atoms with E-state index in [1.165, 1.54) is 0 Å². The summed E-state index contributed by atoms with van der Waals surface area (Å²) in [6.07, 6.45) is 0.635. The molecule has 2 unspecified atom stereocenters. The van der Waals surface area contributed by atoms with Crippen LogP contribution in [-0.2, 0) is 9.84 Å². The number of imidazole rings is 1. The maximum Gasteiger partial charge on any atom is 0.152 e. The molecule has 0 N–H and O–H groups in total. The molecule has 2 atom stereocenters. The van der Waals surface area contributed by atoms with Gasteiger partial charge in [0.25, 0.3) is 0 Å². The molecule has 2 aromatic rings. The van der Waals surface area contributed by atoms with Crippen molar-refractivity contribution in [3.8, 4) is 0 Å². The van der Waals surface area contributed by atoms with E-state index in [0.717, 1.165) is 20.4 Å². The van der Waals surface area contributed by atoms with Gasteiger partial charge in [-0.2, -0.15) is 0 Å². The van der Waals surface area contributed by atoms with E-state index in [2.05, 4.69) is 27.6 Å². The molecule has 0 amide bonds. The fourth-order valence-corrected chi connectivity index (χ4v) is 5.06. The summed E-state index contributed by atoms with van der Waals surface area (Å²) < 4.78 is 26.6. The van der Waals surface area contributed by atoms with Crippen molar-refractivity contribution < 1.29 is 8.42 Å². The Balaban J connectivity index is 2.19. The zero-order valence-electron chi connectivity index (χ0n) is 10.9. The number of alkyl halides is 1. The minimum Gasteiger partial charge on any atom is -0.323 e. The maximum absolute atomic E-state index is 11.7. The molecule has 1 fully saturated rings. The van der Waals surface area contributed by atoms with Crippen molar-refractivity contribution in [2.45, 2.75) is 24.8 Å². The smallest absolute Gasteiger partial charge is 0.152 e. The molecule has 2 heterocycles. The van der Waals surface area contributed by atoms with Crippen LogP contribution in [0.25, 0.3) is 11.0 Å². The summed E-state index contributed by atoms with van der Waals surface area (Å²) in [5.74, 6) is 1.18. The molecule has 0 bridgehead atoms. The Kier molecular flexibility index (Phi) is 3.75. The van der Waals surface area contributed by atoms with Crippen LogP contribution in [0.4, 0.5) is 0 Å². The molecule has 0 spiro atoms. The highest BCUT2D eigenvalue weighted by Gasteiger charge is 2.32. The summed E-state index contributed by atoms with van der Waals surface area (Å²) in [6, 6.07) is 5.95. The Hall–Kier alpha value is -0.340. The van der Waals surface area contributed by atoms with Gasteiger partial charge < -0.3 is 4.57 Å². The first-order valence-corrected chi connectivity index (χ1v) is 9.73. The fourth-order valence-electron chi connectivity index (χ4n) is 2.73. The second kappa shape index (κ2) is 5.14. The first kappa shape index (κ1) is 14.6. The maximum atomic E-state index is 11.7. The quantitative estimate of drug-likeness (QED) is 0.549. The third-order valence-electron chi connectivity index (χ3n) is 3.61. The first-order chi connectivity index (χ1) is 9.37. The summed E-state index contributed by atoms with van der Waals surface area (Å²) in [4.78, 5) is 4.60. The van der Waals surface area contributed by atoms with Gasteiger partial charge in [-0.05, 0) is 54.1 Å². The van der Waals surface area contributed by atoms with Crippen LogP contribution in [0.15, 0.2) is 18.2 Å². The largest absolute Gasteiger partial charge is 0.323 e. The van der Waals surface area contributed by atoms with Crippen molar-refractivity contribution in [1.82, 2.24) is 9.55 Å². The number of rotatable bonds is 2. The van der Waals surface area contributed by atoms with Crippen LogP contribution in [0.5, 0.6) is 0 Å². The lowest BCUT2D eigenvalue weighted by molar-refractivity contribution is 0.545. The van der Waals surface area contributed by atoms with Gasteiger partial charge >= 0.3 is 0 Å². The van der Waals surface area contributed by atoms with Crippen molar-refractivity contribution in [3.63, 3.8) is 0 Å². The highest BCUT2D eigenvalue weighted by molar-refractivity contribution is 14.1. The molecule has 1 aliphatic heterocycles. The summed E-state index contributed by atoms with van der Waals surface area (Å²) in [5, 5.41) is -0.247. The number of sulfone groups is 1. The lowest BCUT2D eigenvalue weighted by atomic mass is 10.2. The molecule has 1 aromatic heterocycles. The third-order valence-corrected chi connectivity index (χ3v) is 6.22. The van der Waals surface area contributed by atoms with Crippen LogP contribution in [0.1, 0.15) is 30.6 Å². The highest BCUT2D eigenvalue weighted by atomic mass is 127. The SMILES string of the molecule is CC(Cl)c1nc2cc(I)ccc2n1C1CCS(=O)(=O)C1. The molecule has 0 aliphatic carbocycles. The predicted molar refractivity (Wildman–Crippen MR) is 89.0 cm³/mol. The summed E-state index contributed by atoms with van der Waals surface area (Å²) in [7, 11) is -2.93. The van der Waals surface area contributed by atoms with Gasteiger partial charge in [0, 0.05) is 3.57 Å². The van der Waals surface area contributed by atoms with E-state index in [4.69, 9.17) is 11.6 Å². The molecule has 20 heavy (non-hydrogen) atoms. The Morgan fingerprint density at radius 2 is 2.25 bits per heavy atom. The Bertz CT molecular complexity index is 770. The fraction of sp³-hybridized carbons (Fsp3) is 0.462. The Morgan fingerprint density at radius 3 is 2.85 bits per heavy atom. The minimum absolute atomic E-state index is 0.0544. The van der Waals surface area contributed by atoms with Gasteiger partial charge in [-0.1, -0.05) is 0 Å². The number of hydrogen-bond donors (Lipinski definition) is 0. The average molecular weight is 425 g/mol. The number of aromatic nitrogens is 2. The van der Waals surface area contributed by atoms with Crippen molar-refractivity contribution >= 4 is 55.1 Å². The molecule has 108 valence electrons. The summed E-state index contributed by atoms with van der Waals surface area (Å²) in [5.41, 5.74) is 1.85. The Morgan fingerprint density at radius 1 is 1.50 bits per heavy atom. The van der Waals surface area contributed by atoms with Gasteiger partial charge in [0.05, 0.1) is 34.0 Å². The number of halogens is 2. The van der Waals surface area contributed by atoms with Crippen molar-refractivity contribution in [2.24, 2.45) is 0 Å². The zero-order valence-corrected chi connectivity index (χ0v) is 14.6. The van der Waals surface area contributed by atoms with Gasteiger partial charge in [-0.25, -0.2) is 13.4 Å². The lowest BCUT2D eigenvalue weighted by Gasteiger charge is -2.16. The van der Waals surface area contributed by atoms with E-state index in [9.17, 15) is 8.42 Å². The van der Waals surface area contributed by atoms with Crippen LogP contribution < -0.4 is 0 Å². The van der Waals surface area contributed by atoms with Crippen LogP contribution >= 0.6 is 34.2 Å². The second-order valence-corrected chi connectivity index (χ2v) is 9.27. The number of nitrogens with zero attached hydrogens (tertiary/aromatic N) is 2. The molecule has 7 heteroatoms. The summed E-state index contributed by atoms with van der Waals surface area (Å²) in [6.45, 7) is 1.87. The minimum atomic E-state index is -2.93. The number of fused-ring (bicyclic) bond motifs is 1. The second-order valence-electron chi connectivity index (χ2n) is 5.15. The average Bonchev–Trinajstić information content (AvgIpc) is 2.88. The van der Waals surface area contributed by atoms with E-state index >= 15 is 0 Å². The van der Waals surface area contributed by atoms with E-state index in [1.54, 1.807) is 0 Å². The molecular formula is C13H14ClIN2O2S. The molecule has 0 saturated carbocycles. The van der Waals surface area contributed by atoms with Crippen LogP contribution in [-0.4, -0.2) is 29.5 Å². The molecule has 3 rings (SSSR count). The monoisotopic (exact) mass is 424 g/mol. The molecule has 1 aliphatic rings. The molecule has 0 radical (unpaired) electrons. The number of hydrogen-bond acceptors (Lipinski definition) is 3. The van der Waals surface area contributed by atoms with Crippen molar-refractivity contribution in [2.75, 3.05) is 11.5 Å². The molecular weight excluding hydrogens is 411 g/mol. The Labute approximate surface area is 136 Å². The lowest BCUT2D eigenvalue weighted by Crippen LogP contribution is -2.14. The van der Waals surface area contributed by atoms with E-state index in [1.807, 2.05) is 29.7 Å². The van der Waals surface area contributed by atoms with Gasteiger partial charge in [0.15, 0.2) is 9.84 Å². The van der Waals surface area contributed by atoms with Crippen molar-refractivity contribution in [3.05, 3.63) is 27.6 Å².